The van der Waals surface area contributed by atoms with Crippen LogP contribution in [0.1, 0.15) is 33.1 Å². The summed E-state index contributed by atoms with van der Waals surface area (Å²) in [4.78, 5) is 22.0. The molecule has 0 fully saturated rings. The van der Waals surface area contributed by atoms with Crippen molar-refractivity contribution >= 4 is 23.6 Å². The molecule has 1 unspecified atom stereocenters. The van der Waals surface area contributed by atoms with Crippen molar-refractivity contribution in [1.29, 1.82) is 0 Å². The molecule has 0 rings (SSSR count). The first-order chi connectivity index (χ1) is 7.11. The summed E-state index contributed by atoms with van der Waals surface area (Å²) in [6, 6.07) is -0.749. The average molecular weight is 233 g/mol. The second-order valence-corrected chi connectivity index (χ2v) is 4.43. The molecule has 0 aliphatic rings. The van der Waals surface area contributed by atoms with Crippen LogP contribution >= 0.6 is 11.8 Å². The third kappa shape index (κ3) is 7.25. The van der Waals surface area contributed by atoms with Crippen LogP contribution in [0.25, 0.3) is 0 Å². The Morgan fingerprint density at radius 3 is 2.47 bits per heavy atom. The average Bonchev–Trinajstić information content (AvgIpc) is 2.16. The fourth-order valence-electron chi connectivity index (χ4n) is 1.01. The van der Waals surface area contributed by atoms with Crippen molar-refractivity contribution in [2.24, 2.45) is 0 Å². The molecule has 15 heavy (non-hydrogen) atoms. The molecule has 88 valence electrons. The van der Waals surface area contributed by atoms with Crippen molar-refractivity contribution in [3.05, 3.63) is 0 Å². The maximum absolute atomic E-state index is 11.2. The number of rotatable bonds is 8. The summed E-state index contributed by atoms with van der Waals surface area (Å²) in [5.41, 5.74) is 0. The van der Waals surface area contributed by atoms with E-state index in [0.717, 1.165) is 18.6 Å². The van der Waals surface area contributed by atoms with E-state index in [2.05, 4.69) is 5.32 Å². The van der Waals surface area contributed by atoms with Gasteiger partial charge in [-0.1, -0.05) is 13.8 Å². The largest absolute Gasteiger partial charge is 0.480 e. The van der Waals surface area contributed by atoms with Crippen LogP contribution in [-0.2, 0) is 9.59 Å². The molecule has 0 aromatic heterocycles. The van der Waals surface area contributed by atoms with Gasteiger partial charge in [0.1, 0.15) is 6.04 Å². The van der Waals surface area contributed by atoms with Gasteiger partial charge in [-0.3, -0.25) is 4.79 Å². The molecular formula is C10H19NO3S. The Kier molecular flexibility index (Phi) is 8.18. The van der Waals surface area contributed by atoms with Gasteiger partial charge in [0.15, 0.2) is 0 Å². The van der Waals surface area contributed by atoms with Crippen LogP contribution in [0.2, 0.25) is 0 Å². The Morgan fingerprint density at radius 1 is 1.33 bits per heavy atom. The van der Waals surface area contributed by atoms with Gasteiger partial charge < -0.3 is 10.4 Å². The van der Waals surface area contributed by atoms with Gasteiger partial charge in [0.2, 0.25) is 5.91 Å². The summed E-state index contributed by atoms with van der Waals surface area (Å²) in [5.74, 6) is 0.233. The highest BCUT2D eigenvalue weighted by molar-refractivity contribution is 7.99. The maximum atomic E-state index is 11.2. The number of carbonyl (C=O) groups is 2. The molecule has 0 aromatic carbocycles. The molecule has 1 amide bonds. The fourth-order valence-corrected chi connectivity index (χ4v) is 1.93. The summed E-state index contributed by atoms with van der Waals surface area (Å²) in [5, 5.41) is 11.4. The van der Waals surface area contributed by atoms with Crippen LogP contribution in [-0.4, -0.2) is 34.5 Å². The molecule has 0 aliphatic heterocycles. The predicted molar refractivity (Wildman–Crippen MR) is 62.1 cm³/mol. The van der Waals surface area contributed by atoms with Gasteiger partial charge >= 0.3 is 5.97 Å². The van der Waals surface area contributed by atoms with Crippen LogP contribution < -0.4 is 5.32 Å². The van der Waals surface area contributed by atoms with Crippen LogP contribution in [0, 0.1) is 0 Å². The third-order valence-electron chi connectivity index (χ3n) is 1.74. The lowest BCUT2D eigenvalue weighted by molar-refractivity contribution is -0.141. The van der Waals surface area contributed by atoms with E-state index in [4.69, 9.17) is 5.11 Å². The highest BCUT2D eigenvalue weighted by Gasteiger charge is 2.18. The lowest BCUT2D eigenvalue weighted by atomic mass is 10.3. The van der Waals surface area contributed by atoms with Crippen molar-refractivity contribution in [1.82, 2.24) is 5.32 Å². The molecular weight excluding hydrogens is 214 g/mol. The Morgan fingerprint density at radius 2 is 2.00 bits per heavy atom. The van der Waals surface area contributed by atoms with Crippen molar-refractivity contribution in [3.8, 4) is 0 Å². The van der Waals surface area contributed by atoms with Crippen molar-refractivity contribution < 1.29 is 14.7 Å². The first kappa shape index (κ1) is 14.3. The lowest BCUT2D eigenvalue weighted by Gasteiger charge is -2.13. The van der Waals surface area contributed by atoms with E-state index in [0.29, 0.717) is 12.2 Å². The number of thioether (sulfide) groups is 1. The minimum atomic E-state index is -0.956. The number of carboxylic acids is 1. The molecule has 5 heteroatoms. The first-order valence-electron chi connectivity index (χ1n) is 5.21. The summed E-state index contributed by atoms with van der Waals surface area (Å²) in [6.07, 6.45) is 2.14. The molecule has 0 spiro atoms. The molecule has 0 aliphatic carbocycles. The van der Waals surface area contributed by atoms with Crippen LogP contribution in [0.4, 0.5) is 0 Å². The topological polar surface area (TPSA) is 66.4 Å². The maximum Gasteiger partial charge on any atom is 0.327 e. The van der Waals surface area contributed by atoms with Crippen LogP contribution in [0.3, 0.4) is 0 Å². The summed E-state index contributed by atoms with van der Waals surface area (Å²) < 4.78 is 0. The quantitative estimate of drug-likeness (QED) is 0.623. The van der Waals surface area contributed by atoms with Gasteiger partial charge in [-0.25, -0.2) is 4.79 Å². The number of hydrogen-bond donors (Lipinski definition) is 2. The number of hydrogen-bond acceptors (Lipinski definition) is 3. The highest BCUT2D eigenvalue weighted by Crippen LogP contribution is 2.05. The molecule has 0 radical (unpaired) electrons. The molecule has 0 bridgehead atoms. The SMILES string of the molecule is CCCSCC(NC(=O)CCC)C(=O)O. The fraction of sp³-hybridized carbons (Fsp3) is 0.800. The molecule has 0 aromatic rings. The normalized spacial score (nSPS) is 12.1. The first-order valence-corrected chi connectivity index (χ1v) is 6.37. The predicted octanol–water partition coefficient (Wildman–Crippen LogP) is 1.50. The highest BCUT2D eigenvalue weighted by atomic mass is 32.2. The number of nitrogens with one attached hydrogen (secondary N) is 1. The molecule has 4 nitrogen and oxygen atoms in total. The van der Waals surface area contributed by atoms with Gasteiger partial charge in [-0.2, -0.15) is 11.8 Å². The minimum Gasteiger partial charge on any atom is -0.480 e. The van der Waals surface area contributed by atoms with E-state index in [1.807, 2.05) is 13.8 Å². The van der Waals surface area contributed by atoms with Crippen molar-refractivity contribution in [2.75, 3.05) is 11.5 Å². The molecule has 1 atom stereocenters. The smallest absolute Gasteiger partial charge is 0.327 e. The van der Waals surface area contributed by atoms with E-state index < -0.39 is 12.0 Å². The Balaban J connectivity index is 3.93. The number of carboxylic acid groups (broad SMARTS) is 1. The number of carbonyl (C=O) groups excluding carboxylic acids is 1. The zero-order valence-electron chi connectivity index (χ0n) is 9.28. The zero-order chi connectivity index (χ0) is 11.7. The minimum absolute atomic E-state index is 0.179. The molecule has 0 saturated heterocycles. The second-order valence-electron chi connectivity index (χ2n) is 3.28. The van der Waals surface area contributed by atoms with E-state index in [9.17, 15) is 9.59 Å². The Hall–Kier alpha value is -0.710. The van der Waals surface area contributed by atoms with E-state index in [1.54, 1.807) is 11.8 Å². The summed E-state index contributed by atoms with van der Waals surface area (Å²) in [7, 11) is 0. The monoisotopic (exact) mass is 233 g/mol. The van der Waals surface area contributed by atoms with Gasteiger partial charge in [0.05, 0.1) is 0 Å². The zero-order valence-corrected chi connectivity index (χ0v) is 10.1. The summed E-state index contributed by atoms with van der Waals surface area (Å²) >= 11 is 1.55. The molecule has 2 N–H and O–H groups in total. The van der Waals surface area contributed by atoms with Gasteiger partial charge in [0, 0.05) is 12.2 Å². The van der Waals surface area contributed by atoms with Crippen LogP contribution in [0.5, 0.6) is 0 Å². The third-order valence-corrected chi connectivity index (χ3v) is 3.01. The summed E-state index contributed by atoms with van der Waals surface area (Å²) in [6.45, 7) is 3.93. The Bertz CT molecular complexity index is 209. The van der Waals surface area contributed by atoms with E-state index >= 15 is 0 Å². The van der Waals surface area contributed by atoms with Crippen molar-refractivity contribution in [2.45, 2.75) is 39.2 Å². The number of aliphatic carboxylic acids is 1. The second kappa shape index (κ2) is 8.59. The molecule has 0 heterocycles. The van der Waals surface area contributed by atoms with E-state index in [1.165, 1.54) is 0 Å². The molecule has 0 saturated carbocycles. The number of amides is 1. The van der Waals surface area contributed by atoms with Gasteiger partial charge in [0.25, 0.3) is 0 Å². The van der Waals surface area contributed by atoms with Gasteiger partial charge in [-0.05, 0) is 18.6 Å². The van der Waals surface area contributed by atoms with Gasteiger partial charge in [-0.15, -0.1) is 0 Å². The van der Waals surface area contributed by atoms with Crippen LogP contribution in [0.15, 0.2) is 0 Å². The standard InChI is InChI=1S/C10H19NO3S/c1-3-5-9(12)11-8(10(13)14)7-15-6-4-2/h8H,3-7H2,1-2H3,(H,11,12)(H,13,14). The lowest BCUT2D eigenvalue weighted by Crippen LogP contribution is -2.42. The van der Waals surface area contributed by atoms with E-state index in [-0.39, 0.29) is 5.91 Å². The Labute approximate surface area is 94.8 Å². The van der Waals surface area contributed by atoms with Crippen molar-refractivity contribution in [3.63, 3.8) is 0 Å².